The van der Waals surface area contributed by atoms with E-state index in [4.69, 9.17) is 10.5 Å². The first-order valence-corrected chi connectivity index (χ1v) is 11.3. The number of piperidine rings is 1. The number of carbonyl (C=O) groups excluding carboxylic acids is 2. The van der Waals surface area contributed by atoms with Crippen molar-refractivity contribution in [1.29, 1.82) is 0 Å². The molecule has 1 aliphatic rings. The second-order valence-electron chi connectivity index (χ2n) is 7.72. The number of hydrogen-bond acceptors (Lipinski definition) is 7. The van der Waals surface area contributed by atoms with Crippen LogP contribution in [0.5, 0.6) is 5.75 Å². The van der Waals surface area contributed by atoms with Crippen LogP contribution in [-0.2, 0) is 11.4 Å². The molecular weight excluding hydrogens is 426 g/mol. The Kier molecular flexibility index (Phi) is 6.65. The van der Waals surface area contributed by atoms with E-state index in [0.29, 0.717) is 30.2 Å². The number of thiazole rings is 1. The standard InChI is InChI=1S/C23H25N5O3S/c1-15-26-19(14-32-15)13-31-20-6-2-4-16(10-20)23(30)27-18-7-8-21(25-11-18)28-9-3-5-17(12-28)22(24)29/h2,4,6-8,10-11,14,17H,3,5,9,12-13H2,1H3,(H2,24,29)(H,27,30). The fourth-order valence-electron chi connectivity index (χ4n) is 3.63. The maximum atomic E-state index is 12.7. The van der Waals surface area contributed by atoms with Gasteiger partial charge in [-0.3, -0.25) is 9.59 Å². The molecule has 1 unspecified atom stereocenters. The number of rotatable bonds is 7. The molecule has 1 aromatic carbocycles. The van der Waals surface area contributed by atoms with E-state index in [1.807, 2.05) is 24.4 Å². The Morgan fingerprint density at radius 3 is 2.91 bits per heavy atom. The third-order valence-electron chi connectivity index (χ3n) is 5.30. The number of ether oxygens (including phenoxy) is 1. The van der Waals surface area contributed by atoms with Crippen molar-refractivity contribution in [3.05, 3.63) is 64.2 Å². The van der Waals surface area contributed by atoms with Gasteiger partial charge < -0.3 is 20.7 Å². The highest BCUT2D eigenvalue weighted by Gasteiger charge is 2.24. The smallest absolute Gasteiger partial charge is 0.255 e. The van der Waals surface area contributed by atoms with Gasteiger partial charge in [-0.15, -0.1) is 11.3 Å². The number of nitrogens with zero attached hydrogens (tertiary/aromatic N) is 3. The number of aryl methyl sites for hydroxylation is 1. The molecule has 32 heavy (non-hydrogen) atoms. The van der Waals surface area contributed by atoms with Gasteiger partial charge in [-0.05, 0) is 50.1 Å². The highest BCUT2D eigenvalue weighted by molar-refractivity contribution is 7.09. The van der Waals surface area contributed by atoms with Gasteiger partial charge in [-0.1, -0.05) is 6.07 Å². The minimum atomic E-state index is -0.272. The second-order valence-corrected chi connectivity index (χ2v) is 8.78. The Labute approximate surface area is 190 Å². The second kappa shape index (κ2) is 9.78. The van der Waals surface area contributed by atoms with E-state index in [0.717, 1.165) is 35.9 Å². The van der Waals surface area contributed by atoms with Gasteiger partial charge in [-0.25, -0.2) is 9.97 Å². The van der Waals surface area contributed by atoms with Crippen LogP contribution in [0.4, 0.5) is 11.5 Å². The Morgan fingerprint density at radius 2 is 2.19 bits per heavy atom. The molecule has 3 N–H and O–H groups in total. The number of nitrogens with two attached hydrogens (primary N) is 1. The third kappa shape index (κ3) is 5.42. The number of anilines is 2. The molecule has 2 aromatic heterocycles. The summed E-state index contributed by atoms with van der Waals surface area (Å²) < 4.78 is 5.77. The van der Waals surface area contributed by atoms with Crippen LogP contribution in [0.2, 0.25) is 0 Å². The summed E-state index contributed by atoms with van der Waals surface area (Å²) in [5.74, 6) is 0.694. The molecule has 0 radical (unpaired) electrons. The molecule has 1 aliphatic heterocycles. The molecule has 1 fully saturated rings. The average molecular weight is 452 g/mol. The zero-order chi connectivity index (χ0) is 22.5. The Balaban J connectivity index is 1.36. The number of benzene rings is 1. The Hall–Kier alpha value is -3.46. The van der Waals surface area contributed by atoms with Crippen LogP contribution in [0.25, 0.3) is 0 Å². The Morgan fingerprint density at radius 1 is 1.31 bits per heavy atom. The molecule has 0 aliphatic carbocycles. The number of aromatic nitrogens is 2. The third-order valence-corrected chi connectivity index (χ3v) is 6.13. The van der Waals surface area contributed by atoms with Gasteiger partial charge in [0.1, 0.15) is 18.2 Å². The van der Waals surface area contributed by atoms with Crippen molar-refractivity contribution < 1.29 is 14.3 Å². The molecule has 1 saturated heterocycles. The molecule has 3 heterocycles. The summed E-state index contributed by atoms with van der Waals surface area (Å²) >= 11 is 1.58. The summed E-state index contributed by atoms with van der Waals surface area (Å²) in [5, 5.41) is 5.81. The van der Waals surface area contributed by atoms with E-state index < -0.39 is 0 Å². The summed E-state index contributed by atoms with van der Waals surface area (Å²) in [7, 11) is 0. The lowest BCUT2D eigenvalue weighted by molar-refractivity contribution is -0.122. The Bertz CT molecular complexity index is 1100. The molecule has 0 spiro atoms. The van der Waals surface area contributed by atoms with Gasteiger partial charge in [0, 0.05) is 24.0 Å². The molecule has 3 aromatic rings. The first-order valence-electron chi connectivity index (χ1n) is 10.4. The molecule has 0 saturated carbocycles. The highest BCUT2D eigenvalue weighted by Crippen LogP contribution is 2.23. The normalized spacial score (nSPS) is 15.9. The van der Waals surface area contributed by atoms with Crippen molar-refractivity contribution >= 4 is 34.7 Å². The fourth-order valence-corrected chi connectivity index (χ4v) is 4.22. The lowest BCUT2D eigenvalue weighted by atomic mass is 9.97. The van der Waals surface area contributed by atoms with Crippen molar-refractivity contribution in [2.75, 3.05) is 23.3 Å². The van der Waals surface area contributed by atoms with Gasteiger partial charge in [0.2, 0.25) is 5.91 Å². The number of amides is 2. The van der Waals surface area contributed by atoms with Gasteiger partial charge in [0.25, 0.3) is 5.91 Å². The lowest BCUT2D eigenvalue weighted by Crippen LogP contribution is -2.41. The quantitative estimate of drug-likeness (QED) is 0.570. The SMILES string of the molecule is Cc1nc(COc2cccc(C(=O)Nc3ccc(N4CCCC(C(N)=O)C4)nc3)c2)cs1. The maximum absolute atomic E-state index is 12.7. The van der Waals surface area contributed by atoms with E-state index in [9.17, 15) is 9.59 Å². The number of pyridine rings is 1. The van der Waals surface area contributed by atoms with E-state index in [-0.39, 0.29) is 17.7 Å². The highest BCUT2D eigenvalue weighted by atomic mass is 32.1. The molecule has 2 amide bonds. The predicted octanol–water partition coefficient (Wildman–Crippen LogP) is 3.38. The van der Waals surface area contributed by atoms with E-state index in [1.54, 1.807) is 41.8 Å². The van der Waals surface area contributed by atoms with Crippen molar-refractivity contribution in [3.63, 3.8) is 0 Å². The van der Waals surface area contributed by atoms with Gasteiger partial charge in [-0.2, -0.15) is 0 Å². The lowest BCUT2D eigenvalue weighted by Gasteiger charge is -2.32. The minimum absolute atomic E-state index is 0.154. The van der Waals surface area contributed by atoms with Crippen molar-refractivity contribution in [3.8, 4) is 5.75 Å². The summed E-state index contributed by atoms with van der Waals surface area (Å²) in [4.78, 5) is 35.1. The molecule has 9 heteroatoms. The van der Waals surface area contributed by atoms with Crippen LogP contribution in [0.15, 0.2) is 48.0 Å². The first kappa shape index (κ1) is 21.8. The zero-order valence-corrected chi connectivity index (χ0v) is 18.6. The molecular formula is C23H25N5O3S. The van der Waals surface area contributed by atoms with E-state index in [2.05, 4.69) is 20.2 Å². The van der Waals surface area contributed by atoms with Crippen molar-refractivity contribution in [1.82, 2.24) is 9.97 Å². The fraction of sp³-hybridized carbons (Fsp3) is 0.304. The maximum Gasteiger partial charge on any atom is 0.255 e. The number of primary amides is 1. The van der Waals surface area contributed by atoms with Crippen molar-refractivity contribution in [2.24, 2.45) is 11.7 Å². The number of carbonyl (C=O) groups is 2. The predicted molar refractivity (Wildman–Crippen MR) is 124 cm³/mol. The van der Waals surface area contributed by atoms with Crippen LogP contribution < -0.4 is 20.7 Å². The van der Waals surface area contributed by atoms with E-state index >= 15 is 0 Å². The molecule has 0 bridgehead atoms. The van der Waals surface area contributed by atoms with Gasteiger partial charge >= 0.3 is 0 Å². The molecule has 166 valence electrons. The first-order chi connectivity index (χ1) is 15.5. The molecule has 4 rings (SSSR count). The monoisotopic (exact) mass is 451 g/mol. The van der Waals surface area contributed by atoms with Crippen LogP contribution in [-0.4, -0.2) is 34.9 Å². The van der Waals surface area contributed by atoms with Gasteiger partial charge in [0.15, 0.2) is 0 Å². The zero-order valence-electron chi connectivity index (χ0n) is 17.8. The van der Waals surface area contributed by atoms with Crippen molar-refractivity contribution in [2.45, 2.75) is 26.4 Å². The summed E-state index contributed by atoms with van der Waals surface area (Å²) in [6.07, 6.45) is 3.33. The van der Waals surface area contributed by atoms with Crippen LogP contribution in [0, 0.1) is 12.8 Å². The van der Waals surface area contributed by atoms with Gasteiger partial charge in [0.05, 0.1) is 28.5 Å². The average Bonchev–Trinajstić information content (AvgIpc) is 3.23. The molecule has 1 atom stereocenters. The molecule has 8 nitrogen and oxygen atoms in total. The summed E-state index contributed by atoms with van der Waals surface area (Å²) in [5.41, 5.74) is 7.40. The topological polar surface area (TPSA) is 110 Å². The summed E-state index contributed by atoms with van der Waals surface area (Å²) in [6.45, 7) is 3.70. The number of hydrogen-bond donors (Lipinski definition) is 2. The number of nitrogens with one attached hydrogen (secondary N) is 1. The largest absolute Gasteiger partial charge is 0.487 e. The van der Waals surface area contributed by atoms with Crippen LogP contribution in [0.3, 0.4) is 0 Å². The van der Waals surface area contributed by atoms with Crippen LogP contribution >= 0.6 is 11.3 Å². The summed E-state index contributed by atoms with van der Waals surface area (Å²) in [6, 6.07) is 10.7. The van der Waals surface area contributed by atoms with E-state index in [1.165, 1.54) is 0 Å². The van der Waals surface area contributed by atoms with Crippen LogP contribution in [0.1, 0.15) is 33.9 Å². The minimum Gasteiger partial charge on any atom is -0.487 e.